The van der Waals surface area contributed by atoms with Crippen LogP contribution in [-0.4, -0.2) is 36.5 Å². The number of nitrogens with one attached hydrogen (secondary N) is 1. The van der Waals surface area contributed by atoms with E-state index in [4.69, 9.17) is 5.11 Å². The van der Waals surface area contributed by atoms with Gasteiger partial charge in [-0.3, -0.25) is 19.0 Å². The molecule has 0 spiro atoms. The van der Waals surface area contributed by atoms with Crippen molar-refractivity contribution >= 4 is 17.6 Å². The summed E-state index contributed by atoms with van der Waals surface area (Å²) >= 11 is 0. The maximum atomic E-state index is 11.9. The van der Waals surface area contributed by atoms with Crippen molar-refractivity contribution in [3.8, 4) is 0 Å². The molecule has 19 heavy (non-hydrogen) atoms. The predicted molar refractivity (Wildman–Crippen MR) is 65.7 cm³/mol. The maximum Gasteiger partial charge on any atom is 0.325 e. The van der Waals surface area contributed by atoms with Gasteiger partial charge in [0.25, 0.3) is 5.91 Å². The van der Waals surface area contributed by atoms with Crippen molar-refractivity contribution in [1.29, 1.82) is 0 Å². The van der Waals surface area contributed by atoms with Gasteiger partial charge in [0.2, 0.25) is 0 Å². The minimum atomic E-state index is -0.995. The number of hydrogen-bond acceptors (Lipinski definition) is 4. The second kappa shape index (κ2) is 5.34. The third-order valence-electron chi connectivity index (χ3n) is 2.41. The summed E-state index contributed by atoms with van der Waals surface area (Å²) in [5.74, 6) is -1.31. The zero-order chi connectivity index (χ0) is 13.8. The van der Waals surface area contributed by atoms with E-state index in [0.29, 0.717) is 17.8 Å². The third-order valence-corrected chi connectivity index (χ3v) is 2.41. The number of aliphatic carboxylic acids is 1. The zero-order valence-electron chi connectivity index (χ0n) is 10.3. The standard InChI is InChI=1S/C11H13N5O3/c1-2-15-5-8(3-12-15)11(19)14-9-4-13-16(6-9)7-10(17)18/h3-6H,2,7H2,1H3,(H,14,19)(H,17,18). The van der Waals surface area contributed by atoms with Gasteiger partial charge in [-0.2, -0.15) is 10.2 Å². The summed E-state index contributed by atoms with van der Waals surface area (Å²) in [6.45, 7) is 2.36. The Hall–Kier alpha value is -2.64. The molecule has 2 N–H and O–H groups in total. The fourth-order valence-electron chi connectivity index (χ4n) is 1.51. The molecule has 2 aromatic heterocycles. The highest BCUT2D eigenvalue weighted by molar-refractivity contribution is 6.03. The molecule has 0 saturated heterocycles. The average molecular weight is 263 g/mol. The second-order valence-electron chi connectivity index (χ2n) is 3.86. The van der Waals surface area contributed by atoms with E-state index in [1.165, 1.54) is 23.3 Å². The van der Waals surface area contributed by atoms with E-state index in [-0.39, 0.29) is 12.5 Å². The molecule has 0 atom stereocenters. The molecule has 8 heteroatoms. The van der Waals surface area contributed by atoms with Crippen LogP contribution < -0.4 is 5.32 Å². The summed E-state index contributed by atoms with van der Waals surface area (Å²) in [6.07, 6.45) is 5.96. The van der Waals surface area contributed by atoms with E-state index < -0.39 is 5.97 Å². The first kappa shape index (κ1) is 12.8. The van der Waals surface area contributed by atoms with Crippen LogP contribution in [0, 0.1) is 0 Å². The number of aryl methyl sites for hydroxylation is 1. The second-order valence-corrected chi connectivity index (χ2v) is 3.86. The van der Waals surface area contributed by atoms with Gasteiger partial charge in [0.05, 0.1) is 23.6 Å². The van der Waals surface area contributed by atoms with E-state index in [2.05, 4.69) is 15.5 Å². The van der Waals surface area contributed by atoms with E-state index in [1.807, 2.05) is 6.92 Å². The van der Waals surface area contributed by atoms with Crippen LogP contribution in [0.1, 0.15) is 17.3 Å². The third kappa shape index (κ3) is 3.18. The Morgan fingerprint density at radius 1 is 1.26 bits per heavy atom. The van der Waals surface area contributed by atoms with Crippen LogP contribution in [0.3, 0.4) is 0 Å². The molecule has 0 fully saturated rings. The molecule has 0 aliphatic rings. The van der Waals surface area contributed by atoms with Gasteiger partial charge < -0.3 is 10.4 Å². The van der Waals surface area contributed by atoms with Gasteiger partial charge in [-0.05, 0) is 6.92 Å². The largest absolute Gasteiger partial charge is 0.480 e. The van der Waals surface area contributed by atoms with Gasteiger partial charge in [-0.15, -0.1) is 0 Å². The molecule has 2 heterocycles. The summed E-state index contributed by atoms with van der Waals surface area (Å²) in [5.41, 5.74) is 0.878. The Labute approximate surface area is 108 Å². The van der Waals surface area contributed by atoms with Gasteiger partial charge in [-0.1, -0.05) is 0 Å². The molecule has 0 aliphatic carbocycles. The lowest BCUT2D eigenvalue weighted by atomic mass is 10.3. The Bertz CT molecular complexity index is 601. The molecular weight excluding hydrogens is 250 g/mol. The smallest absolute Gasteiger partial charge is 0.325 e. The van der Waals surface area contributed by atoms with Gasteiger partial charge in [0.15, 0.2) is 0 Å². The minimum absolute atomic E-state index is 0.246. The number of carboxylic acids is 1. The van der Waals surface area contributed by atoms with Gasteiger partial charge in [-0.25, -0.2) is 0 Å². The summed E-state index contributed by atoms with van der Waals surface area (Å²) in [5, 5.41) is 19.1. The average Bonchev–Trinajstić information content (AvgIpc) is 2.97. The number of hydrogen-bond donors (Lipinski definition) is 2. The number of amides is 1. The number of nitrogens with zero attached hydrogens (tertiary/aromatic N) is 4. The summed E-state index contributed by atoms with van der Waals surface area (Å²) in [7, 11) is 0. The minimum Gasteiger partial charge on any atom is -0.480 e. The van der Waals surface area contributed by atoms with Crippen LogP contribution in [-0.2, 0) is 17.9 Å². The van der Waals surface area contributed by atoms with Crippen LogP contribution in [0.25, 0.3) is 0 Å². The van der Waals surface area contributed by atoms with Crippen LogP contribution >= 0.6 is 0 Å². The number of anilines is 1. The van der Waals surface area contributed by atoms with Crippen molar-refractivity contribution in [1.82, 2.24) is 19.6 Å². The SMILES string of the molecule is CCn1cc(C(=O)Nc2cnn(CC(=O)O)c2)cn1. The Balaban J connectivity index is 2.02. The number of aromatic nitrogens is 4. The van der Waals surface area contributed by atoms with Crippen molar-refractivity contribution in [2.24, 2.45) is 0 Å². The predicted octanol–water partition coefficient (Wildman–Crippen LogP) is 0.436. The highest BCUT2D eigenvalue weighted by Crippen LogP contribution is 2.08. The lowest BCUT2D eigenvalue weighted by molar-refractivity contribution is -0.137. The van der Waals surface area contributed by atoms with Crippen molar-refractivity contribution in [3.63, 3.8) is 0 Å². The number of carboxylic acid groups (broad SMARTS) is 1. The first-order valence-electron chi connectivity index (χ1n) is 5.66. The monoisotopic (exact) mass is 263 g/mol. The topological polar surface area (TPSA) is 102 Å². The fourth-order valence-corrected chi connectivity index (χ4v) is 1.51. The zero-order valence-corrected chi connectivity index (χ0v) is 10.3. The quantitative estimate of drug-likeness (QED) is 0.814. The Morgan fingerprint density at radius 3 is 2.63 bits per heavy atom. The summed E-state index contributed by atoms with van der Waals surface area (Å²) in [6, 6.07) is 0. The maximum absolute atomic E-state index is 11.9. The first-order chi connectivity index (χ1) is 9.08. The molecule has 2 rings (SSSR count). The van der Waals surface area contributed by atoms with E-state index in [0.717, 1.165) is 0 Å². The van der Waals surface area contributed by atoms with Crippen molar-refractivity contribution < 1.29 is 14.7 Å². The normalized spacial score (nSPS) is 10.4. The van der Waals surface area contributed by atoms with Gasteiger partial charge in [0.1, 0.15) is 6.54 Å². The summed E-state index contributed by atoms with van der Waals surface area (Å²) in [4.78, 5) is 22.4. The number of rotatable bonds is 5. The van der Waals surface area contributed by atoms with Crippen molar-refractivity contribution in [2.45, 2.75) is 20.0 Å². The highest BCUT2D eigenvalue weighted by atomic mass is 16.4. The van der Waals surface area contributed by atoms with Gasteiger partial charge >= 0.3 is 5.97 Å². The van der Waals surface area contributed by atoms with E-state index >= 15 is 0 Å². The lowest BCUT2D eigenvalue weighted by Crippen LogP contribution is -2.11. The molecule has 0 radical (unpaired) electrons. The number of carbonyl (C=O) groups is 2. The van der Waals surface area contributed by atoms with Crippen LogP contribution in [0.5, 0.6) is 0 Å². The van der Waals surface area contributed by atoms with E-state index in [1.54, 1.807) is 10.9 Å². The van der Waals surface area contributed by atoms with E-state index in [9.17, 15) is 9.59 Å². The van der Waals surface area contributed by atoms with Crippen molar-refractivity contribution in [2.75, 3.05) is 5.32 Å². The highest BCUT2D eigenvalue weighted by Gasteiger charge is 2.10. The molecule has 2 aromatic rings. The molecule has 0 unspecified atom stereocenters. The molecular formula is C11H13N5O3. The molecule has 0 saturated carbocycles. The lowest BCUT2D eigenvalue weighted by Gasteiger charge is -1.98. The van der Waals surface area contributed by atoms with Crippen LogP contribution in [0.15, 0.2) is 24.8 Å². The van der Waals surface area contributed by atoms with Crippen LogP contribution in [0.4, 0.5) is 5.69 Å². The fraction of sp³-hybridized carbons (Fsp3) is 0.273. The summed E-state index contributed by atoms with van der Waals surface area (Å²) < 4.78 is 2.87. The Kier molecular flexibility index (Phi) is 3.60. The first-order valence-corrected chi connectivity index (χ1v) is 5.66. The van der Waals surface area contributed by atoms with Crippen molar-refractivity contribution in [3.05, 3.63) is 30.4 Å². The molecule has 0 aromatic carbocycles. The Morgan fingerprint density at radius 2 is 2.00 bits per heavy atom. The molecule has 1 amide bonds. The molecule has 0 aliphatic heterocycles. The van der Waals surface area contributed by atoms with Crippen LogP contribution in [0.2, 0.25) is 0 Å². The molecule has 100 valence electrons. The number of carbonyl (C=O) groups excluding carboxylic acids is 1. The van der Waals surface area contributed by atoms with Gasteiger partial charge in [0, 0.05) is 18.9 Å². The molecule has 8 nitrogen and oxygen atoms in total. The molecule has 0 bridgehead atoms.